The van der Waals surface area contributed by atoms with E-state index in [0.717, 1.165) is 42.3 Å². The fourth-order valence-electron chi connectivity index (χ4n) is 6.08. The summed E-state index contributed by atoms with van der Waals surface area (Å²) in [6.07, 6.45) is 10.3. The number of piperidine rings is 1. The van der Waals surface area contributed by atoms with Gasteiger partial charge in [0.2, 0.25) is 0 Å². The number of nitrogens with zero attached hydrogens (tertiary/aromatic N) is 5. The third kappa shape index (κ3) is 5.16. The zero-order chi connectivity index (χ0) is 22.6. The smallest absolute Gasteiger partial charge is 0.101 e. The Hall–Kier alpha value is -2.20. The molecule has 3 aliphatic heterocycles. The second-order valence-corrected chi connectivity index (χ2v) is 10.1. The molecule has 2 aromatic rings. The summed E-state index contributed by atoms with van der Waals surface area (Å²) in [6.45, 7) is 9.88. The maximum Gasteiger partial charge on any atom is 0.101 e. The van der Waals surface area contributed by atoms with Gasteiger partial charge in [-0.2, -0.15) is 5.26 Å². The van der Waals surface area contributed by atoms with E-state index in [4.69, 9.17) is 4.74 Å². The van der Waals surface area contributed by atoms with Gasteiger partial charge in [-0.05, 0) is 83.1 Å². The normalized spacial score (nSPS) is 26.2. The number of morpholine rings is 1. The molecule has 0 bridgehead atoms. The number of hydrogen-bond acceptors (Lipinski definition) is 6. The molecule has 2 atom stereocenters. The lowest BCUT2D eigenvalue weighted by Gasteiger charge is -2.43. The first-order chi connectivity index (χ1) is 16.2. The number of anilines is 1. The molecule has 0 saturated carbocycles. The zero-order valence-corrected chi connectivity index (χ0v) is 20.0. The van der Waals surface area contributed by atoms with Crippen molar-refractivity contribution in [3.05, 3.63) is 36.0 Å². The molecule has 0 amide bonds. The van der Waals surface area contributed by atoms with Crippen molar-refractivity contribution in [2.75, 3.05) is 50.7 Å². The van der Waals surface area contributed by atoms with Gasteiger partial charge in [-0.1, -0.05) is 12.8 Å². The fraction of sp³-hybridized carbons (Fsp3) is 0.630. The fourth-order valence-corrected chi connectivity index (χ4v) is 6.08. The van der Waals surface area contributed by atoms with E-state index in [1.807, 2.05) is 12.1 Å². The number of pyridine rings is 1. The van der Waals surface area contributed by atoms with Gasteiger partial charge in [0.25, 0.3) is 0 Å². The van der Waals surface area contributed by atoms with E-state index in [1.54, 1.807) is 6.20 Å². The summed E-state index contributed by atoms with van der Waals surface area (Å²) in [5.41, 5.74) is 2.60. The van der Waals surface area contributed by atoms with Gasteiger partial charge in [-0.15, -0.1) is 0 Å². The van der Waals surface area contributed by atoms with Crippen molar-refractivity contribution >= 4 is 16.6 Å². The molecular formula is C27H37N5O. The topological polar surface area (TPSA) is 55.6 Å². The Balaban J connectivity index is 1.23. The first-order valence-corrected chi connectivity index (χ1v) is 12.9. The molecule has 3 fully saturated rings. The van der Waals surface area contributed by atoms with E-state index in [1.165, 1.54) is 64.7 Å². The predicted molar refractivity (Wildman–Crippen MR) is 133 cm³/mol. The second kappa shape index (κ2) is 10.4. The summed E-state index contributed by atoms with van der Waals surface area (Å²) in [6, 6.07) is 11.1. The Bertz CT molecular complexity index is 972. The molecule has 0 aliphatic carbocycles. The zero-order valence-electron chi connectivity index (χ0n) is 20.0. The molecule has 0 N–H and O–H groups in total. The van der Waals surface area contributed by atoms with E-state index in [0.29, 0.717) is 5.56 Å². The maximum absolute atomic E-state index is 9.49. The van der Waals surface area contributed by atoms with Gasteiger partial charge in [-0.25, -0.2) is 0 Å². The third-order valence-corrected chi connectivity index (χ3v) is 7.71. The molecule has 176 valence electrons. The van der Waals surface area contributed by atoms with Crippen molar-refractivity contribution in [1.29, 1.82) is 5.26 Å². The first-order valence-electron chi connectivity index (χ1n) is 12.9. The van der Waals surface area contributed by atoms with Crippen LogP contribution in [-0.4, -0.2) is 78.8 Å². The summed E-state index contributed by atoms with van der Waals surface area (Å²) >= 11 is 0. The van der Waals surface area contributed by atoms with Crippen LogP contribution in [0.5, 0.6) is 0 Å². The number of nitriles is 1. The predicted octanol–water partition coefficient (Wildman–Crippen LogP) is 4.04. The Kier molecular flexibility index (Phi) is 7.10. The minimum Gasteiger partial charge on any atom is -0.370 e. The highest BCUT2D eigenvalue weighted by Gasteiger charge is 2.31. The SMILES string of the molecule is C[C@@H]1CN(c2ccc(C#N)c3ncccc23)C[C@@H](CN2CCC(N3CCCCCC3)CC2)O1. The minimum atomic E-state index is 0.181. The Morgan fingerprint density at radius 1 is 1.03 bits per heavy atom. The van der Waals surface area contributed by atoms with Crippen LogP contribution in [0.2, 0.25) is 0 Å². The van der Waals surface area contributed by atoms with Crippen LogP contribution in [0.4, 0.5) is 5.69 Å². The van der Waals surface area contributed by atoms with Gasteiger partial charge in [-0.3, -0.25) is 4.98 Å². The second-order valence-electron chi connectivity index (χ2n) is 10.1. The molecule has 3 saturated heterocycles. The van der Waals surface area contributed by atoms with Crippen LogP contribution in [0.3, 0.4) is 0 Å². The van der Waals surface area contributed by atoms with E-state index < -0.39 is 0 Å². The molecule has 6 heteroatoms. The van der Waals surface area contributed by atoms with Gasteiger partial charge in [0, 0.05) is 42.9 Å². The molecule has 0 unspecified atom stereocenters. The number of fused-ring (bicyclic) bond motifs is 1. The largest absolute Gasteiger partial charge is 0.370 e. The number of benzene rings is 1. The van der Waals surface area contributed by atoms with Crippen LogP contribution < -0.4 is 4.90 Å². The Morgan fingerprint density at radius 3 is 2.58 bits per heavy atom. The van der Waals surface area contributed by atoms with Crippen molar-refractivity contribution in [1.82, 2.24) is 14.8 Å². The summed E-state index contributed by atoms with van der Waals surface area (Å²) in [7, 11) is 0. The summed E-state index contributed by atoms with van der Waals surface area (Å²) in [4.78, 5) is 12.3. The highest BCUT2D eigenvalue weighted by atomic mass is 16.5. The van der Waals surface area contributed by atoms with Gasteiger partial charge in [0.05, 0.1) is 23.3 Å². The molecule has 0 radical (unpaired) electrons. The van der Waals surface area contributed by atoms with E-state index in [-0.39, 0.29) is 12.2 Å². The molecule has 5 rings (SSSR count). The molecule has 0 spiro atoms. The third-order valence-electron chi connectivity index (χ3n) is 7.71. The van der Waals surface area contributed by atoms with Crippen molar-refractivity contribution in [2.45, 2.75) is 63.7 Å². The van der Waals surface area contributed by atoms with Gasteiger partial charge in [0.15, 0.2) is 0 Å². The lowest BCUT2D eigenvalue weighted by atomic mass is 10.0. The highest BCUT2D eigenvalue weighted by molar-refractivity contribution is 5.95. The van der Waals surface area contributed by atoms with Gasteiger partial charge >= 0.3 is 0 Å². The Morgan fingerprint density at radius 2 is 1.82 bits per heavy atom. The standard InChI is InChI=1S/C27H37N5O/c1-21-18-32(26-9-8-22(17-28)27-25(26)7-6-12-29-27)20-24(33-21)19-30-15-10-23(11-16-30)31-13-4-2-3-5-14-31/h6-9,12,21,23-24H,2-5,10-11,13-16,18-20H2,1H3/t21-,24-/m1/s1. The van der Waals surface area contributed by atoms with Crippen LogP contribution in [-0.2, 0) is 4.74 Å². The quantitative estimate of drug-likeness (QED) is 0.705. The molecule has 4 heterocycles. The summed E-state index contributed by atoms with van der Waals surface area (Å²) in [5, 5.41) is 10.5. The Labute approximate surface area is 198 Å². The summed E-state index contributed by atoms with van der Waals surface area (Å²) in [5.74, 6) is 0. The minimum absolute atomic E-state index is 0.181. The number of likely N-dealkylation sites (tertiary alicyclic amines) is 2. The maximum atomic E-state index is 9.49. The van der Waals surface area contributed by atoms with E-state index in [9.17, 15) is 5.26 Å². The number of rotatable bonds is 4. The van der Waals surface area contributed by atoms with Gasteiger partial charge < -0.3 is 19.4 Å². The molecule has 3 aliphatic rings. The van der Waals surface area contributed by atoms with Crippen molar-refractivity contribution in [2.24, 2.45) is 0 Å². The average molecular weight is 448 g/mol. The van der Waals surface area contributed by atoms with Crippen molar-refractivity contribution < 1.29 is 4.74 Å². The lowest BCUT2D eigenvalue weighted by molar-refractivity contribution is -0.0375. The van der Waals surface area contributed by atoms with Gasteiger partial charge in [0.1, 0.15) is 6.07 Å². The van der Waals surface area contributed by atoms with E-state index in [2.05, 4.69) is 44.8 Å². The number of aromatic nitrogens is 1. The lowest BCUT2D eigenvalue weighted by Crippen LogP contribution is -2.53. The van der Waals surface area contributed by atoms with Crippen LogP contribution in [0.15, 0.2) is 30.5 Å². The van der Waals surface area contributed by atoms with E-state index >= 15 is 0 Å². The highest BCUT2D eigenvalue weighted by Crippen LogP contribution is 2.30. The average Bonchev–Trinajstić information content (AvgIpc) is 3.13. The van der Waals surface area contributed by atoms with Crippen LogP contribution in [0.1, 0.15) is 51.0 Å². The molecule has 1 aromatic heterocycles. The van der Waals surface area contributed by atoms with Crippen LogP contribution in [0, 0.1) is 11.3 Å². The molecular weight excluding hydrogens is 410 g/mol. The van der Waals surface area contributed by atoms with Crippen molar-refractivity contribution in [3.8, 4) is 6.07 Å². The molecule has 1 aromatic carbocycles. The molecule has 6 nitrogen and oxygen atoms in total. The monoisotopic (exact) mass is 447 g/mol. The number of hydrogen-bond donors (Lipinski definition) is 0. The van der Waals surface area contributed by atoms with Crippen LogP contribution in [0.25, 0.3) is 10.9 Å². The number of ether oxygens (including phenoxy) is 1. The summed E-state index contributed by atoms with van der Waals surface area (Å²) < 4.78 is 6.40. The van der Waals surface area contributed by atoms with Crippen molar-refractivity contribution in [3.63, 3.8) is 0 Å². The van der Waals surface area contributed by atoms with Crippen LogP contribution >= 0.6 is 0 Å². The first kappa shape index (κ1) is 22.6. The molecule has 33 heavy (non-hydrogen) atoms.